The second-order valence-corrected chi connectivity index (χ2v) is 9.66. The fraction of sp³-hybridized carbons (Fsp3) is 0.261. The number of aromatic hydroxyl groups is 2. The van der Waals surface area contributed by atoms with E-state index in [4.69, 9.17) is 0 Å². The average Bonchev–Trinajstić information content (AvgIpc) is 2.79. The van der Waals surface area contributed by atoms with E-state index in [9.17, 15) is 23.4 Å². The van der Waals surface area contributed by atoms with E-state index in [2.05, 4.69) is 21.9 Å². The van der Waals surface area contributed by atoms with E-state index in [1.807, 2.05) is 18.2 Å². The van der Waals surface area contributed by atoms with Gasteiger partial charge in [0, 0.05) is 56.2 Å². The highest BCUT2D eigenvalue weighted by molar-refractivity contribution is 7.90. The molecule has 0 bridgehead atoms. The van der Waals surface area contributed by atoms with Crippen molar-refractivity contribution in [3.05, 3.63) is 82.3 Å². The molecule has 2 heterocycles. The summed E-state index contributed by atoms with van der Waals surface area (Å²) < 4.78 is 26.2. The molecule has 1 fully saturated rings. The Labute approximate surface area is 186 Å². The number of hydrogen-bond donors (Lipinski definition) is 2. The predicted octanol–water partition coefficient (Wildman–Crippen LogP) is 2.13. The Hall–Kier alpha value is -3.30. The Bertz CT molecular complexity index is 1280. The summed E-state index contributed by atoms with van der Waals surface area (Å²) in [6.45, 7) is 5.10. The van der Waals surface area contributed by atoms with Gasteiger partial charge in [-0.05, 0) is 36.8 Å². The smallest absolute Gasteiger partial charge is 0.306 e. The molecule has 2 N–H and O–H groups in total. The molecule has 9 heteroatoms. The van der Waals surface area contributed by atoms with E-state index in [1.165, 1.54) is 18.2 Å². The van der Waals surface area contributed by atoms with E-state index in [-0.39, 0.29) is 10.6 Å². The van der Waals surface area contributed by atoms with Gasteiger partial charge in [0.2, 0.25) is 0 Å². The maximum Gasteiger partial charge on any atom is 0.306 e. The molecule has 0 saturated carbocycles. The SMILES string of the molecule is Cc1ccc(S(=O)(=O)n2ccc(CN3CCN(c4ccccc4)CC3)c(O)c2=O)cc1O. The molecule has 168 valence electrons. The fourth-order valence-electron chi connectivity index (χ4n) is 3.77. The third kappa shape index (κ3) is 4.21. The molecular formula is C23H25N3O5S. The zero-order valence-corrected chi connectivity index (χ0v) is 18.5. The maximum absolute atomic E-state index is 12.9. The van der Waals surface area contributed by atoms with Crippen LogP contribution >= 0.6 is 0 Å². The van der Waals surface area contributed by atoms with Gasteiger partial charge in [-0.2, -0.15) is 0 Å². The third-order valence-corrected chi connectivity index (χ3v) is 7.40. The Balaban J connectivity index is 1.51. The molecule has 4 rings (SSSR count). The molecular weight excluding hydrogens is 430 g/mol. The van der Waals surface area contributed by atoms with Crippen LogP contribution in [-0.2, 0) is 16.6 Å². The number of aromatic nitrogens is 1. The fourth-order valence-corrected chi connectivity index (χ4v) is 5.02. The number of pyridine rings is 1. The van der Waals surface area contributed by atoms with Gasteiger partial charge in [0.05, 0.1) is 4.90 Å². The summed E-state index contributed by atoms with van der Waals surface area (Å²) in [5.41, 5.74) is 1.04. The van der Waals surface area contributed by atoms with E-state index >= 15 is 0 Å². The highest BCUT2D eigenvalue weighted by Crippen LogP contribution is 2.23. The first kappa shape index (κ1) is 21.9. The van der Waals surface area contributed by atoms with Crippen molar-refractivity contribution in [2.45, 2.75) is 18.4 Å². The molecule has 3 aromatic rings. The zero-order valence-electron chi connectivity index (χ0n) is 17.7. The van der Waals surface area contributed by atoms with Crippen LogP contribution in [0.5, 0.6) is 11.5 Å². The first-order valence-corrected chi connectivity index (χ1v) is 11.7. The number of nitrogens with zero attached hydrogens (tertiary/aromatic N) is 3. The molecule has 0 radical (unpaired) electrons. The Morgan fingerprint density at radius 1 is 0.938 bits per heavy atom. The summed E-state index contributed by atoms with van der Waals surface area (Å²) in [5, 5.41) is 20.3. The zero-order chi connectivity index (χ0) is 22.9. The second-order valence-electron chi connectivity index (χ2n) is 7.84. The Morgan fingerprint density at radius 2 is 1.62 bits per heavy atom. The van der Waals surface area contributed by atoms with Gasteiger partial charge in [0.1, 0.15) is 5.75 Å². The van der Waals surface area contributed by atoms with Crippen LogP contribution in [0.15, 0.2) is 70.5 Å². The van der Waals surface area contributed by atoms with Crippen LogP contribution in [0.25, 0.3) is 0 Å². The van der Waals surface area contributed by atoms with Gasteiger partial charge >= 0.3 is 5.56 Å². The summed E-state index contributed by atoms with van der Waals surface area (Å²) in [6.07, 6.45) is 1.16. The standard InChI is InChI=1S/C23H25N3O5S/c1-17-7-8-20(15-21(17)27)32(30,31)26-10-9-18(22(28)23(26)29)16-24-11-13-25(14-12-24)19-5-3-2-4-6-19/h2-10,15,27-28H,11-14,16H2,1H3. The third-order valence-electron chi connectivity index (χ3n) is 5.74. The predicted molar refractivity (Wildman–Crippen MR) is 122 cm³/mol. The first-order valence-electron chi connectivity index (χ1n) is 10.3. The van der Waals surface area contributed by atoms with Crippen LogP contribution in [0.3, 0.4) is 0 Å². The quantitative estimate of drug-likeness (QED) is 0.608. The number of para-hydroxylation sites is 1. The lowest BCUT2D eigenvalue weighted by atomic mass is 10.2. The minimum Gasteiger partial charge on any atom is -0.508 e. The normalized spacial score (nSPS) is 15.1. The molecule has 0 aliphatic carbocycles. The van der Waals surface area contributed by atoms with Gasteiger partial charge in [-0.1, -0.05) is 24.3 Å². The lowest BCUT2D eigenvalue weighted by Gasteiger charge is -2.36. The van der Waals surface area contributed by atoms with Crippen molar-refractivity contribution >= 4 is 15.7 Å². The maximum atomic E-state index is 12.9. The van der Waals surface area contributed by atoms with Crippen molar-refractivity contribution in [3.8, 4) is 11.5 Å². The summed E-state index contributed by atoms with van der Waals surface area (Å²) in [5.74, 6) is -0.771. The Morgan fingerprint density at radius 3 is 2.28 bits per heavy atom. The molecule has 0 spiro atoms. The van der Waals surface area contributed by atoms with Crippen molar-refractivity contribution in [1.29, 1.82) is 0 Å². The van der Waals surface area contributed by atoms with Crippen LogP contribution in [-0.4, -0.2) is 53.7 Å². The summed E-state index contributed by atoms with van der Waals surface area (Å²) >= 11 is 0. The number of piperazine rings is 1. The summed E-state index contributed by atoms with van der Waals surface area (Å²) in [4.78, 5) is 16.8. The topological polar surface area (TPSA) is 103 Å². The van der Waals surface area contributed by atoms with Gasteiger partial charge in [0.25, 0.3) is 10.0 Å². The van der Waals surface area contributed by atoms with Crippen LogP contribution in [0.1, 0.15) is 11.1 Å². The minimum absolute atomic E-state index is 0.186. The number of anilines is 1. The van der Waals surface area contributed by atoms with Gasteiger partial charge < -0.3 is 15.1 Å². The molecule has 1 aliphatic heterocycles. The largest absolute Gasteiger partial charge is 0.508 e. The number of rotatable bonds is 5. The van der Waals surface area contributed by atoms with E-state index in [0.717, 1.165) is 44.1 Å². The number of phenolic OH excluding ortho intramolecular Hbond substituents is 1. The lowest BCUT2D eigenvalue weighted by Crippen LogP contribution is -2.46. The van der Waals surface area contributed by atoms with E-state index < -0.39 is 21.3 Å². The highest BCUT2D eigenvalue weighted by atomic mass is 32.2. The van der Waals surface area contributed by atoms with Crippen molar-refractivity contribution < 1.29 is 18.6 Å². The first-order chi connectivity index (χ1) is 15.3. The second kappa shape index (κ2) is 8.68. The van der Waals surface area contributed by atoms with Gasteiger partial charge in [0.15, 0.2) is 5.75 Å². The van der Waals surface area contributed by atoms with Crippen LogP contribution in [0.2, 0.25) is 0 Å². The molecule has 1 aromatic heterocycles. The van der Waals surface area contributed by atoms with Crippen LogP contribution in [0, 0.1) is 6.92 Å². The number of hydrogen-bond acceptors (Lipinski definition) is 7. The van der Waals surface area contributed by atoms with Gasteiger partial charge in [-0.25, -0.2) is 12.4 Å². The van der Waals surface area contributed by atoms with E-state index in [1.54, 1.807) is 6.92 Å². The van der Waals surface area contributed by atoms with Crippen molar-refractivity contribution in [3.63, 3.8) is 0 Å². The molecule has 0 unspecified atom stereocenters. The average molecular weight is 456 g/mol. The molecule has 1 aliphatic rings. The minimum atomic E-state index is -4.26. The molecule has 1 saturated heterocycles. The van der Waals surface area contributed by atoms with Crippen molar-refractivity contribution in [1.82, 2.24) is 8.87 Å². The highest BCUT2D eigenvalue weighted by Gasteiger charge is 2.24. The number of benzene rings is 2. The number of aryl methyl sites for hydroxylation is 1. The van der Waals surface area contributed by atoms with E-state index in [0.29, 0.717) is 21.6 Å². The molecule has 0 atom stereocenters. The number of phenols is 1. The molecule has 8 nitrogen and oxygen atoms in total. The summed E-state index contributed by atoms with van der Waals surface area (Å²) in [6, 6.07) is 15.4. The molecule has 0 amide bonds. The summed E-state index contributed by atoms with van der Waals surface area (Å²) in [7, 11) is -4.26. The van der Waals surface area contributed by atoms with Crippen LogP contribution < -0.4 is 10.5 Å². The monoisotopic (exact) mass is 455 g/mol. The lowest BCUT2D eigenvalue weighted by molar-refractivity contribution is 0.246. The van der Waals surface area contributed by atoms with Gasteiger partial charge in [-0.15, -0.1) is 0 Å². The van der Waals surface area contributed by atoms with Crippen molar-refractivity contribution in [2.24, 2.45) is 0 Å². The van der Waals surface area contributed by atoms with Crippen LogP contribution in [0.4, 0.5) is 5.69 Å². The Kier molecular flexibility index (Phi) is 5.94. The molecule has 2 aromatic carbocycles. The molecule has 32 heavy (non-hydrogen) atoms. The van der Waals surface area contributed by atoms with Gasteiger partial charge in [-0.3, -0.25) is 9.69 Å². The van der Waals surface area contributed by atoms with Crippen molar-refractivity contribution in [2.75, 3.05) is 31.1 Å².